The van der Waals surface area contributed by atoms with Crippen molar-refractivity contribution in [3.05, 3.63) is 35.9 Å². The molecule has 1 atom stereocenters. The smallest absolute Gasteiger partial charge is 0.416 e. The Labute approximate surface area is 120 Å². The lowest BCUT2D eigenvalue weighted by Gasteiger charge is -2.25. The second-order valence-corrected chi connectivity index (χ2v) is 5.97. The Morgan fingerprint density at radius 3 is 2.55 bits per heavy atom. The summed E-state index contributed by atoms with van der Waals surface area (Å²) >= 11 is 0. The van der Waals surface area contributed by atoms with Crippen molar-refractivity contribution in [2.75, 3.05) is 6.54 Å². The third-order valence-corrected chi connectivity index (χ3v) is 3.07. The van der Waals surface area contributed by atoms with Gasteiger partial charge in [-0.1, -0.05) is 37.3 Å². The summed E-state index contributed by atoms with van der Waals surface area (Å²) in [6.07, 6.45) is 0.589. The van der Waals surface area contributed by atoms with Crippen LogP contribution in [0.2, 0.25) is 0 Å². The summed E-state index contributed by atoms with van der Waals surface area (Å²) in [5.74, 6) is 0.715. The SMILES string of the molecule is CC[C@@H]1CN(C(=O)OC(C)(C)C)C(c2ccccc2)=N1. The summed E-state index contributed by atoms with van der Waals surface area (Å²) in [6.45, 7) is 8.29. The Bertz CT molecular complexity index is 503. The molecule has 1 aliphatic rings. The van der Waals surface area contributed by atoms with Crippen molar-refractivity contribution >= 4 is 11.9 Å². The van der Waals surface area contributed by atoms with Crippen LogP contribution < -0.4 is 0 Å². The maximum atomic E-state index is 12.3. The number of hydrogen-bond donors (Lipinski definition) is 0. The molecule has 20 heavy (non-hydrogen) atoms. The van der Waals surface area contributed by atoms with Crippen molar-refractivity contribution in [3.63, 3.8) is 0 Å². The molecule has 0 spiro atoms. The van der Waals surface area contributed by atoms with E-state index in [-0.39, 0.29) is 12.1 Å². The highest BCUT2D eigenvalue weighted by Gasteiger charge is 2.32. The van der Waals surface area contributed by atoms with Crippen molar-refractivity contribution < 1.29 is 9.53 Å². The standard InChI is InChI=1S/C16H22N2O2/c1-5-13-11-18(15(19)20-16(2,3)4)14(17-13)12-9-7-6-8-10-12/h6-10,13H,5,11H2,1-4H3/t13-/m1/s1. The van der Waals surface area contributed by atoms with Gasteiger partial charge in [0.1, 0.15) is 11.4 Å². The molecule has 2 rings (SSSR count). The minimum Gasteiger partial charge on any atom is -0.443 e. The lowest BCUT2D eigenvalue weighted by atomic mass is 10.2. The van der Waals surface area contributed by atoms with Gasteiger partial charge in [0.2, 0.25) is 0 Å². The molecule has 0 fully saturated rings. The molecular formula is C16H22N2O2. The molecule has 1 aliphatic heterocycles. The molecule has 0 N–H and O–H groups in total. The van der Waals surface area contributed by atoms with Crippen molar-refractivity contribution in [3.8, 4) is 0 Å². The molecule has 0 radical (unpaired) electrons. The summed E-state index contributed by atoms with van der Waals surface area (Å²) < 4.78 is 5.47. The number of nitrogens with zero attached hydrogens (tertiary/aromatic N) is 2. The summed E-state index contributed by atoms with van der Waals surface area (Å²) in [6, 6.07) is 9.93. The fourth-order valence-corrected chi connectivity index (χ4v) is 2.10. The highest BCUT2D eigenvalue weighted by atomic mass is 16.6. The first-order valence-corrected chi connectivity index (χ1v) is 7.04. The number of carbonyl (C=O) groups excluding carboxylic acids is 1. The van der Waals surface area contributed by atoms with Gasteiger partial charge in [-0.3, -0.25) is 9.89 Å². The predicted octanol–water partition coefficient (Wildman–Crippen LogP) is 3.46. The molecule has 0 aromatic heterocycles. The number of amides is 1. The first-order chi connectivity index (χ1) is 9.40. The zero-order valence-corrected chi connectivity index (χ0v) is 12.6. The zero-order valence-electron chi connectivity index (χ0n) is 12.6. The normalized spacial score (nSPS) is 18.9. The van der Waals surface area contributed by atoms with Crippen molar-refractivity contribution in [2.24, 2.45) is 4.99 Å². The van der Waals surface area contributed by atoms with Gasteiger partial charge in [0.25, 0.3) is 0 Å². The summed E-state index contributed by atoms with van der Waals surface area (Å²) in [7, 11) is 0. The van der Waals surface area contributed by atoms with Gasteiger partial charge in [-0.2, -0.15) is 0 Å². The molecule has 4 nitrogen and oxygen atoms in total. The summed E-state index contributed by atoms with van der Waals surface area (Å²) in [5.41, 5.74) is 0.456. The minimum atomic E-state index is -0.497. The van der Waals surface area contributed by atoms with Gasteiger partial charge >= 0.3 is 6.09 Å². The van der Waals surface area contributed by atoms with Gasteiger partial charge in [0.15, 0.2) is 0 Å². The minimum absolute atomic E-state index is 0.151. The predicted molar refractivity (Wildman–Crippen MR) is 80.0 cm³/mol. The molecule has 108 valence electrons. The number of rotatable bonds is 2. The molecule has 1 amide bonds. The number of aliphatic imine (C=N–C) groups is 1. The van der Waals surface area contributed by atoms with E-state index in [2.05, 4.69) is 11.9 Å². The maximum Gasteiger partial charge on any atom is 0.416 e. The van der Waals surface area contributed by atoms with Crippen LogP contribution in [0.25, 0.3) is 0 Å². The molecular weight excluding hydrogens is 252 g/mol. The third-order valence-electron chi connectivity index (χ3n) is 3.07. The Morgan fingerprint density at radius 1 is 1.35 bits per heavy atom. The molecule has 4 heteroatoms. The number of carbonyl (C=O) groups is 1. The molecule has 1 aromatic rings. The van der Waals surface area contributed by atoms with E-state index >= 15 is 0 Å². The Morgan fingerprint density at radius 2 is 2.00 bits per heavy atom. The molecule has 1 aromatic carbocycles. The van der Waals surface area contributed by atoms with Gasteiger partial charge < -0.3 is 4.74 Å². The van der Waals surface area contributed by atoms with Gasteiger partial charge in [0, 0.05) is 5.56 Å². The maximum absolute atomic E-state index is 12.3. The number of ether oxygens (including phenoxy) is 1. The van der Waals surface area contributed by atoms with E-state index in [0.717, 1.165) is 12.0 Å². The van der Waals surface area contributed by atoms with Crippen molar-refractivity contribution in [2.45, 2.75) is 45.8 Å². The monoisotopic (exact) mass is 274 g/mol. The summed E-state index contributed by atoms with van der Waals surface area (Å²) in [4.78, 5) is 18.6. The molecule has 0 unspecified atom stereocenters. The lowest BCUT2D eigenvalue weighted by Crippen LogP contribution is -2.40. The fourth-order valence-electron chi connectivity index (χ4n) is 2.10. The average molecular weight is 274 g/mol. The van der Waals surface area contributed by atoms with Crippen LogP contribution >= 0.6 is 0 Å². The third kappa shape index (κ3) is 3.38. The lowest BCUT2D eigenvalue weighted by molar-refractivity contribution is 0.0377. The molecule has 0 saturated heterocycles. The Kier molecular flexibility index (Phi) is 4.12. The van der Waals surface area contributed by atoms with Crippen molar-refractivity contribution in [1.82, 2.24) is 4.90 Å². The largest absolute Gasteiger partial charge is 0.443 e. The molecule has 0 aliphatic carbocycles. The van der Waals surface area contributed by atoms with Gasteiger partial charge in [-0.15, -0.1) is 0 Å². The fraction of sp³-hybridized carbons (Fsp3) is 0.500. The van der Waals surface area contributed by atoms with Crippen LogP contribution in [-0.4, -0.2) is 35.0 Å². The van der Waals surface area contributed by atoms with Crippen LogP contribution in [0.1, 0.15) is 39.7 Å². The highest BCUT2D eigenvalue weighted by Crippen LogP contribution is 2.20. The quantitative estimate of drug-likeness (QED) is 0.828. The van der Waals surface area contributed by atoms with Gasteiger partial charge in [-0.05, 0) is 27.2 Å². The average Bonchev–Trinajstić information content (AvgIpc) is 2.82. The van der Waals surface area contributed by atoms with E-state index in [0.29, 0.717) is 12.4 Å². The van der Waals surface area contributed by atoms with Crippen LogP contribution in [0.5, 0.6) is 0 Å². The van der Waals surface area contributed by atoms with Crippen LogP contribution in [0.4, 0.5) is 4.79 Å². The van der Waals surface area contributed by atoms with Gasteiger partial charge in [0.05, 0.1) is 12.6 Å². The first-order valence-electron chi connectivity index (χ1n) is 7.04. The van der Waals surface area contributed by atoms with Crippen molar-refractivity contribution in [1.29, 1.82) is 0 Å². The topological polar surface area (TPSA) is 41.9 Å². The number of amidine groups is 1. The Hall–Kier alpha value is -1.84. The number of benzene rings is 1. The second kappa shape index (κ2) is 5.65. The summed E-state index contributed by atoms with van der Waals surface area (Å²) in [5, 5.41) is 0. The van der Waals surface area contributed by atoms with E-state index in [1.54, 1.807) is 4.90 Å². The van der Waals surface area contributed by atoms with E-state index in [9.17, 15) is 4.79 Å². The molecule has 1 heterocycles. The number of hydrogen-bond acceptors (Lipinski definition) is 3. The van der Waals surface area contributed by atoms with E-state index in [4.69, 9.17) is 4.74 Å². The van der Waals surface area contributed by atoms with Crippen LogP contribution in [-0.2, 0) is 4.74 Å². The van der Waals surface area contributed by atoms with E-state index in [1.165, 1.54) is 0 Å². The van der Waals surface area contributed by atoms with Crippen LogP contribution in [0.15, 0.2) is 35.3 Å². The highest BCUT2D eigenvalue weighted by molar-refractivity contribution is 6.07. The Balaban J connectivity index is 2.24. The van der Waals surface area contributed by atoms with Crippen LogP contribution in [0.3, 0.4) is 0 Å². The molecule has 0 saturated carbocycles. The second-order valence-electron chi connectivity index (χ2n) is 5.97. The van der Waals surface area contributed by atoms with E-state index in [1.807, 2.05) is 51.1 Å². The first kappa shape index (κ1) is 14.6. The van der Waals surface area contributed by atoms with E-state index < -0.39 is 5.60 Å². The van der Waals surface area contributed by atoms with Crippen LogP contribution in [0, 0.1) is 0 Å². The molecule has 0 bridgehead atoms. The van der Waals surface area contributed by atoms with Gasteiger partial charge in [-0.25, -0.2) is 4.79 Å². The zero-order chi connectivity index (χ0) is 14.8.